The molecule has 0 fully saturated rings. The maximum atomic E-state index is 13.1. The van der Waals surface area contributed by atoms with Crippen LogP contribution >= 0.6 is 0 Å². The third kappa shape index (κ3) is 1.97. The van der Waals surface area contributed by atoms with Gasteiger partial charge < -0.3 is 5.11 Å². The van der Waals surface area contributed by atoms with Crippen LogP contribution in [0.5, 0.6) is 5.75 Å². The molecule has 13 heavy (non-hydrogen) atoms. The monoisotopic (exact) mass is 186 g/mol. The molecule has 1 aromatic rings. The topological polar surface area (TPSA) is 20.2 Å². The van der Waals surface area contributed by atoms with Gasteiger partial charge in [0.1, 0.15) is 17.4 Å². The molecular formula is C10H12F2O. The lowest BCUT2D eigenvalue weighted by molar-refractivity contribution is 0.452. The van der Waals surface area contributed by atoms with Crippen LogP contribution in [0.2, 0.25) is 0 Å². The molecule has 0 aliphatic heterocycles. The second-order valence-electron chi connectivity index (χ2n) is 3.13. The predicted molar refractivity (Wildman–Crippen MR) is 46.7 cm³/mol. The Morgan fingerprint density at radius 1 is 1.31 bits per heavy atom. The van der Waals surface area contributed by atoms with Gasteiger partial charge in [-0.05, 0) is 12.3 Å². The molecule has 1 nitrogen and oxygen atoms in total. The third-order valence-corrected chi connectivity index (χ3v) is 2.17. The average Bonchev–Trinajstić information content (AvgIpc) is 2.02. The van der Waals surface area contributed by atoms with Crippen molar-refractivity contribution in [2.45, 2.75) is 26.2 Å². The minimum atomic E-state index is -0.674. The molecule has 3 heteroatoms. The van der Waals surface area contributed by atoms with E-state index in [4.69, 9.17) is 5.11 Å². The van der Waals surface area contributed by atoms with Crippen molar-refractivity contribution in [3.63, 3.8) is 0 Å². The fourth-order valence-corrected chi connectivity index (χ4v) is 1.25. The number of benzene rings is 1. The summed E-state index contributed by atoms with van der Waals surface area (Å²) in [4.78, 5) is 0. The molecule has 0 heterocycles. The Kier molecular flexibility index (Phi) is 2.86. The van der Waals surface area contributed by atoms with Crippen LogP contribution in [0.25, 0.3) is 0 Å². The lowest BCUT2D eigenvalue weighted by Gasteiger charge is -2.11. The maximum absolute atomic E-state index is 13.1. The highest BCUT2D eigenvalue weighted by Gasteiger charge is 2.15. The van der Waals surface area contributed by atoms with E-state index in [0.717, 1.165) is 12.1 Å². The van der Waals surface area contributed by atoms with Gasteiger partial charge in [0.15, 0.2) is 0 Å². The Bertz CT molecular complexity index is 287. The highest BCUT2D eigenvalue weighted by molar-refractivity contribution is 5.31. The summed E-state index contributed by atoms with van der Waals surface area (Å²) in [7, 11) is 0. The van der Waals surface area contributed by atoms with Gasteiger partial charge in [0.05, 0.1) is 0 Å². The summed E-state index contributed by atoms with van der Waals surface area (Å²) in [6, 6.07) is 1.87. The molecule has 1 aromatic carbocycles. The van der Waals surface area contributed by atoms with Crippen molar-refractivity contribution in [1.82, 2.24) is 0 Å². The zero-order valence-electron chi connectivity index (χ0n) is 7.64. The summed E-state index contributed by atoms with van der Waals surface area (Å²) < 4.78 is 26.3. The van der Waals surface area contributed by atoms with E-state index in [1.807, 2.05) is 6.92 Å². The standard InChI is InChI=1S/C10H12F2O/c1-3-6(2)10-8(11)4-7(13)5-9(10)12/h4-6,13H,3H2,1-2H3. The van der Waals surface area contributed by atoms with Crippen molar-refractivity contribution in [3.8, 4) is 5.75 Å². The van der Waals surface area contributed by atoms with Crippen LogP contribution in [0.4, 0.5) is 8.78 Å². The van der Waals surface area contributed by atoms with Crippen molar-refractivity contribution < 1.29 is 13.9 Å². The van der Waals surface area contributed by atoms with Crippen molar-refractivity contribution in [2.24, 2.45) is 0 Å². The Labute approximate surface area is 76.0 Å². The summed E-state index contributed by atoms with van der Waals surface area (Å²) in [5.74, 6) is -1.89. The Morgan fingerprint density at radius 3 is 2.15 bits per heavy atom. The fraction of sp³-hybridized carbons (Fsp3) is 0.400. The number of hydrogen-bond acceptors (Lipinski definition) is 1. The quantitative estimate of drug-likeness (QED) is 0.752. The summed E-state index contributed by atoms with van der Waals surface area (Å²) in [6.07, 6.45) is 0.665. The lowest BCUT2D eigenvalue weighted by atomic mass is 9.97. The van der Waals surface area contributed by atoms with Gasteiger partial charge in [-0.15, -0.1) is 0 Å². The smallest absolute Gasteiger partial charge is 0.133 e. The average molecular weight is 186 g/mol. The summed E-state index contributed by atoms with van der Waals surface area (Å²) in [5.41, 5.74) is 0.0558. The molecule has 1 unspecified atom stereocenters. The van der Waals surface area contributed by atoms with Crippen LogP contribution in [0, 0.1) is 11.6 Å². The summed E-state index contributed by atoms with van der Waals surface area (Å²) >= 11 is 0. The largest absolute Gasteiger partial charge is 0.508 e. The van der Waals surface area contributed by atoms with E-state index in [-0.39, 0.29) is 17.2 Å². The van der Waals surface area contributed by atoms with Crippen LogP contribution in [0.1, 0.15) is 31.7 Å². The lowest BCUT2D eigenvalue weighted by Crippen LogP contribution is -1.99. The Morgan fingerprint density at radius 2 is 1.77 bits per heavy atom. The fourth-order valence-electron chi connectivity index (χ4n) is 1.25. The van der Waals surface area contributed by atoms with Crippen LogP contribution < -0.4 is 0 Å². The number of rotatable bonds is 2. The molecule has 0 aliphatic rings. The molecule has 72 valence electrons. The van der Waals surface area contributed by atoms with E-state index in [1.54, 1.807) is 6.92 Å². The molecular weight excluding hydrogens is 174 g/mol. The number of halogens is 2. The first-order valence-electron chi connectivity index (χ1n) is 4.24. The zero-order valence-corrected chi connectivity index (χ0v) is 7.64. The molecule has 0 saturated heterocycles. The van der Waals surface area contributed by atoms with Gasteiger partial charge in [-0.3, -0.25) is 0 Å². The number of hydrogen-bond donors (Lipinski definition) is 1. The van der Waals surface area contributed by atoms with Crippen molar-refractivity contribution >= 4 is 0 Å². The van der Waals surface area contributed by atoms with Gasteiger partial charge in [0, 0.05) is 17.7 Å². The summed E-state index contributed by atoms with van der Waals surface area (Å²) in [6.45, 7) is 3.61. The predicted octanol–water partition coefficient (Wildman–Crippen LogP) is 3.18. The van der Waals surface area contributed by atoms with Crippen LogP contribution in [0.3, 0.4) is 0 Å². The van der Waals surface area contributed by atoms with Crippen LogP contribution in [-0.4, -0.2) is 5.11 Å². The molecule has 0 spiro atoms. The van der Waals surface area contributed by atoms with Gasteiger partial charge >= 0.3 is 0 Å². The van der Waals surface area contributed by atoms with E-state index in [0.29, 0.717) is 6.42 Å². The SMILES string of the molecule is CCC(C)c1c(F)cc(O)cc1F. The molecule has 0 bridgehead atoms. The first-order chi connectivity index (χ1) is 6.06. The highest BCUT2D eigenvalue weighted by Crippen LogP contribution is 2.27. The van der Waals surface area contributed by atoms with Gasteiger partial charge in [-0.25, -0.2) is 8.78 Å². The third-order valence-electron chi connectivity index (χ3n) is 2.17. The van der Waals surface area contributed by atoms with E-state index < -0.39 is 11.6 Å². The second kappa shape index (κ2) is 3.73. The normalized spacial score (nSPS) is 12.9. The second-order valence-corrected chi connectivity index (χ2v) is 3.13. The van der Waals surface area contributed by atoms with Crippen molar-refractivity contribution in [1.29, 1.82) is 0 Å². The van der Waals surface area contributed by atoms with Crippen molar-refractivity contribution in [3.05, 3.63) is 29.3 Å². The zero-order chi connectivity index (χ0) is 10.0. The molecule has 0 saturated carbocycles. The molecule has 0 aromatic heterocycles. The minimum Gasteiger partial charge on any atom is -0.508 e. The van der Waals surface area contributed by atoms with Gasteiger partial charge in [0.25, 0.3) is 0 Å². The summed E-state index contributed by atoms with van der Waals surface area (Å²) in [5, 5.41) is 8.89. The Balaban J connectivity index is 3.20. The van der Waals surface area contributed by atoms with Gasteiger partial charge in [0.2, 0.25) is 0 Å². The number of phenolic OH excluding ortho intramolecular Hbond substituents is 1. The van der Waals surface area contributed by atoms with Crippen molar-refractivity contribution in [2.75, 3.05) is 0 Å². The molecule has 1 rings (SSSR count). The molecule has 0 radical (unpaired) electrons. The van der Waals surface area contributed by atoms with E-state index in [1.165, 1.54) is 0 Å². The molecule has 0 aliphatic carbocycles. The number of phenols is 1. The van der Waals surface area contributed by atoms with Gasteiger partial charge in [-0.1, -0.05) is 13.8 Å². The van der Waals surface area contributed by atoms with Crippen LogP contribution in [0.15, 0.2) is 12.1 Å². The molecule has 1 N–H and O–H groups in total. The first kappa shape index (κ1) is 9.96. The van der Waals surface area contributed by atoms with E-state index >= 15 is 0 Å². The molecule has 0 amide bonds. The van der Waals surface area contributed by atoms with Gasteiger partial charge in [-0.2, -0.15) is 0 Å². The Hall–Kier alpha value is -1.12. The maximum Gasteiger partial charge on any atom is 0.133 e. The highest BCUT2D eigenvalue weighted by atomic mass is 19.1. The molecule has 1 atom stereocenters. The van der Waals surface area contributed by atoms with E-state index in [2.05, 4.69) is 0 Å². The van der Waals surface area contributed by atoms with Crippen LogP contribution in [-0.2, 0) is 0 Å². The minimum absolute atomic E-state index is 0.0558. The first-order valence-corrected chi connectivity index (χ1v) is 4.24. The van der Waals surface area contributed by atoms with E-state index in [9.17, 15) is 8.78 Å². The number of aromatic hydroxyl groups is 1.